The van der Waals surface area contributed by atoms with E-state index in [0.29, 0.717) is 9.82 Å². The number of sulfonamides is 1. The first-order chi connectivity index (χ1) is 17.6. The average molecular weight is 558 g/mol. The van der Waals surface area contributed by atoms with Gasteiger partial charge in [-0.1, -0.05) is 22.9 Å². The predicted octanol–water partition coefficient (Wildman–Crippen LogP) is 5.08. The van der Waals surface area contributed by atoms with Gasteiger partial charge in [0.1, 0.15) is 6.54 Å². The summed E-state index contributed by atoms with van der Waals surface area (Å²) in [6.07, 6.45) is 0. The van der Waals surface area contributed by atoms with Gasteiger partial charge in [0.05, 0.1) is 21.7 Å². The first kappa shape index (κ1) is 26.6. The molecule has 4 rings (SSSR count). The van der Waals surface area contributed by atoms with Gasteiger partial charge in [-0.25, -0.2) is 8.42 Å². The van der Waals surface area contributed by atoms with E-state index in [4.69, 9.17) is 16.3 Å². The van der Waals surface area contributed by atoms with Gasteiger partial charge in [-0.15, -0.1) is 0 Å². The number of thiazole rings is 1. The minimum Gasteiger partial charge on any atom is -0.465 e. The van der Waals surface area contributed by atoms with Gasteiger partial charge in [0, 0.05) is 16.3 Å². The molecule has 0 radical (unpaired) electrons. The summed E-state index contributed by atoms with van der Waals surface area (Å²) in [6.45, 7) is 5.88. The summed E-state index contributed by atoms with van der Waals surface area (Å²) >= 11 is 7.14. The highest BCUT2D eigenvalue weighted by Gasteiger charge is 2.16. The Hall–Kier alpha value is -3.47. The molecule has 1 N–H and O–H groups in total. The van der Waals surface area contributed by atoms with E-state index < -0.39 is 21.9 Å². The summed E-state index contributed by atoms with van der Waals surface area (Å²) in [5, 5.41) is 0.429. The van der Waals surface area contributed by atoms with E-state index >= 15 is 0 Å². The van der Waals surface area contributed by atoms with Crippen LogP contribution in [0.15, 0.2) is 70.6 Å². The molecule has 1 aromatic heterocycles. The monoisotopic (exact) mass is 557 g/mol. The van der Waals surface area contributed by atoms with Crippen molar-refractivity contribution in [2.75, 3.05) is 11.3 Å². The zero-order chi connectivity index (χ0) is 26.7. The minimum absolute atomic E-state index is 0.0634. The fourth-order valence-electron chi connectivity index (χ4n) is 3.56. The number of anilines is 1. The average Bonchev–Trinajstić information content (AvgIpc) is 3.15. The fraction of sp³-hybridized carbons (Fsp3) is 0.192. The number of fused-ring (bicyclic) bond motifs is 1. The first-order valence-corrected chi connectivity index (χ1v) is 14.0. The molecule has 0 spiro atoms. The van der Waals surface area contributed by atoms with E-state index in [-0.39, 0.29) is 29.3 Å². The lowest BCUT2D eigenvalue weighted by atomic mass is 10.1. The number of carbonyl (C=O) groups is 2. The molecule has 0 aliphatic carbocycles. The predicted molar refractivity (Wildman–Crippen MR) is 145 cm³/mol. The highest BCUT2D eigenvalue weighted by atomic mass is 35.5. The number of carbonyl (C=O) groups excluding carboxylic acids is 2. The quantitative estimate of drug-likeness (QED) is 0.319. The maximum Gasteiger partial charge on any atom is 0.326 e. The lowest BCUT2D eigenvalue weighted by molar-refractivity contribution is -0.143. The van der Waals surface area contributed by atoms with Crippen molar-refractivity contribution in [1.82, 2.24) is 4.57 Å². The first-order valence-electron chi connectivity index (χ1n) is 11.3. The third-order valence-electron chi connectivity index (χ3n) is 5.60. The van der Waals surface area contributed by atoms with Crippen LogP contribution >= 0.6 is 22.9 Å². The van der Waals surface area contributed by atoms with Crippen LogP contribution in [0, 0.1) is 13.8 Å². The number of esters is 1. The SMILES string of the molecule is CCOC(=O)Cn1c(=NC(=O)c2ccc(NS(=O)(=O)c3ccc(Cl)cc3)cc2)sc2cc(C)c(C)cc21. The summed E-state index contributed by atoms with van der Waals surface area (Å²) in [7, 11) is -3.82. The molecule has 1 heterocycles. The molecular weight excluding hydrogens is 534 g/mol. The van der Waals surface area contributed by atoms with Crippen molar-refractivity contribution < 1.29 is 22.7 Å². The zero-order valence-corrected chi connectivity index (χ0v) is 22.7. The van der Waals surface area contributed by atoms with E-state index in [1.165, 1.54) is 59.9 Å². The number of rotatable bonds is 7. The Morgan fingerprint density at radius 2 is 1.68 bits per heavy atom. The Labute approximate surface area is 223 Å². The molecule has 0 unspecified atom stereocenters. The van der Waals surface area contributed by atoms with Crippen molar-refractivity contribution >= 4 is 60.7 Å². The van der Waals surface area contributed by atoms with E-state index in [9.17, 15) is 18.0 Å². The third kappa shape index (κ3) is 6.10. The van der Waals surface area contributed by atoms with Gasteiger partial charge in [0.25, 0.3) is 15.9 Å². The van der Waals surface area contributed by atoms with Crippen molar-refractivity contribution in [2.45, 2.75) is 32.2 Å². The number of hydrogen-bond acceptors (Lipinski definition) is 6. The second kappa shape index (κ2) is 10.9. The maximum absolute atomic E-state index is 13.0. The molecule has 3 aromatic carbocycles. The number of aromatic nitrogens is 1. The minimum atomic E-state index is -3.82. The Balaban J connectivity index is 1.63. The molecule has 1 amide bonds. The van der Waals surface area contributed by atoms with Crippen LogP contribution in [0.25, 0.3) is 10.2 Å². The highest BCUT2D eigenvalue weighted by molar-refractivity contribution is 7.92. The van der Waals surface area contributed by atoms with E-state index in [2.05, 4.69) is 9.71 Å². The summed E-state index contributed by atoms with van der Waals surface area (Å²) in [6, 6.07) is 15.7. The zero-order valence-electron chi connectivity index (χ0n) is 20.3. The molecule has 0 saturated heterocycles. The molecule has 0 atom stereocenters. The van der Waals surface area contributed by atoms with Gasteiger partial charge in [-0.05, 0) is 92.6 Å². The van der Waals surface area contributed by atoms with Crippen LogP contribution < -0.4 is 9.52 Å². The Kier molecular flexibility index (Phi) is 7.82. The number of benzene rings is 3. The molecule has 4 aromatic rings. The molecule has 0 aliphatic heterocycles. The number of amides is 1. The number of hydrogen-bond donors (Lipinski definition) is 1. The molecule has 37 heavy (non-hydrogen) atoms. The second-order valence-electron chi connectivity index (χ2n) is 8.23. The van der Waals surface area contributed by atoms with Gasteiger partial charge in [0.2, 0.25) is 0 Å². The van der Waals surface area contributed by atoms with Gasteiger partial charge < -0.3 is 9.30 Å². The van der Waals surface area contributed by atoms with Crippen molar-refractivity contribution in [3.8, 4) is 0 Å². The Bertz CT molecular complexity index is 1660. The Morgan fingerprint density at radius 3 is 2.32 bits per heavy atom. The van der Waals surface area contributed by atoms with Crippen molar-refractivity contribution in [1.29, 1.82) is 0 Å². The smallest absolute Gasteiger partial charge is 0.326 e. The van der Waals surface area contributed by atoms with Crippen LogP contribution in [0.2, 0.25) is 5.02 Å². The molecule has 0 fully saturated rings. The summed E-state index contributed by atoms with van der Waals surface area (Å²) in [5.41, 5.74) is 3.49. The highest BCUT2D eigenvalue weighted by Crippen LogP contribution is 2.23. The number of halogens is 1. The summed E-state index contributed by atoms with van der Waals surface area (Å²) in [5.74, 6) is -0.948. The molecule has 8 nitrogen and oxygen atoms in total. The third-order valence-corrected chi connectivity index (χ3v) is 8.29. The van der Waals surface area contributed by atoms with Gasteiger partial charge in [-0.2, -0.15) is 4.99 Å². The lowest BCUT2D eigenvalue weighted by Crippen LogP contribution is -2.23. The molecular formula is C26H24ClN3O5S2. The topological polar surface area (TPSA) is 107 Å². The Morgan fingerprint density at radius 1 is 1.03 bits per heavy atom. The summed E-state index contributed by atoms with van der Waals surface area (Å²) < 4.78 is 35.4. The van der Waals surface area contributed by atoms with E-state index in [1.807, 2.05) is 26.0 Å². The van der Waals surface area contributed by atoms with Crippen LogP contribution in [0.1, 0.15) is 28.4 Å². The molecule has 192 valence electrons. The van der Waals surface area contributed by atoms with Crippen molar-refractivity contribution in [3.63, 3.8) is 0 Å². The van der Waals surface area contributed by atoms with Gasteiger partial charge in [0.15, 0.2) is 4.80 Å². The van der Waals surface area contributed by atoms with Crippen LogP contribution in [0.5, 0.6) is 0 Å². The number of nitrogens with zero attached hydrogens (tertiary/aromatic N) is 2. The molecule has 0 bridgehead atoms. The largest absolute Gasteiger partial charge is 0.465 e. The fourth-order valence-corrected chi connectivity index (χ4v) is 5.85. The molecule has 0 saturated carbocycles. The van der Waals surface area contributed by atoms with Gasteiger partial charge in [-0.3, -0.25) is 14.3 Å². The molecule has 11 heteroatoms. The van der Waals surface area contributed by atoms with Crippen LogP contribution in [-0.2, 0) is 26.1 Å². The molecule has 0 aliphatic rings. The summed E-state index contributed by atoms with van der Waals surface area (Å²) in [4.78, 5) is 30.0. The maximum atomic E-state index is 13.0. The number of ether oxygens (including phenoxy) is 1. The van der Waals surface area contributed by atoms with E-state index in [1.54, 1.807) is 11.5 Å². The van der Waals surface area contributed by atoms with Crippen molar-refractivity contribution in [3.05, 3.63) is 87.2 Å². The van der Waals surface area contributed by atoms with Crippen LogP contribution in [-0.4, -0.2) is 31.5 Å². The van der Waals surface area contributed by atoms with Gasteiger partial charge >= 0.3 is 5.97 Å². The normalized spacial score (nSPS) is 12.1. The number of nitrogens with one attached hydrogen (secondary N) is 1. The standard InChI is InChI=1S/C26H24ClN3O5S2/c1-4-35-24(31)15-30-22-13-16(2)17(3)14-23(22)36-26(30)28-25(32)18-5-9-20(10-6-18)29-37(33,34)21-11-7-19(27)8-12-21/h5-14,29H,4,15H2,1-3H3. The second-order valence-corrected chi connectivity index (χ2v) is 11.4. The number of aryl methyl sites for hydroxylation is 2. The van der Waals surface area contributed by atoms with E-state index in [0.717, 1.165) is 21.3 Å². The van der Waals surface area contributed by atoms with Crippen molar-refractivity contribution in [2.24, 2.45) is 4.99 Å². The van der Waals surface area contributed by atoms with Crippen LogP contribution in [0.3, 0.4) is 0 Å². The lowest BCUT2D eigenvalue weighted by Gasteiger charge is -2.08. The van der Waals surface area contributed by atoms with Crippen LogP contribution in [0.4, 0.5) is 5.69 Å².